The van der Waals surface area contributed by atoms with Crippen LogP contribution < -0.4 is 5.32 Å². The molecule has 0 aliphatic carbocycles. The van der Waals surface area contributed by atoms with E-state index in [9.17, 15) is 0 Å². The Morgan fingerprint density at radius 3 is 2.67 bits per heavy atom. The quantitative estimate of drug-likeness (QED) is 0.883. The molecular weight excluding hydrogens is 240 g/mol. The summed E-state index contributed by atoms with van der Waals surface area (Å²) < 4.78 is 0. The number of hydrogen-bond acceptors (Lipinski definition) is 3. The summed E-state index contributed by atoms with van der Waals surface area (Å²) in [7, 11) is 0. The summed E-state index contributed by atoms with van der Waals surface area (Å²) in [6.07, 6.45) is 3.12. The molecule has 1 atom stereocenters. The lowest BCUT2D eigenvalue weighted by Crippen LogP contribution is -2.22. The Morgan fingerprint density at radius 1 is 1.28 bits per heavy atom. The highest BCUT2D eigenvalue weighted by atomic mass is 32.1. The van der Waals surface area contributed by atoms with Crippen LogP contribution in [0.15, 0.2) is 29.8 Å². The fourth-order valence-electron chi connectivity index (χ4n) is 1.98. The molecule has 3 heteroatoms. The molecule has 2 aromatic heterocycles. The van der Waals surface area contributed by atoms with Gasteiger partial charge in [-0.25, -0.2) is 0 Å². The van der Waals surface area contributed by atoms with Gasteiger partial charge >= 0.3 is 0 Å². The van der Waals surface area contributed by atoms with Gasteiger partial charge < -0.3 is 5.32 Å². The second kappa shape index (κ2) is 6.12. The molecule has 0 spiro atoms. The summed E-state index contributed by atoms with van der Waals surface area (Å²) in [4.78, 5) is 5.76. The minimum absolute atomic E-state index is 0.267. The molecule has 2 aromatic rings. The van der Waals surface area contributed by atoms with Gasteiger partial charge in [0.05, 0.1) is 6.04 Å². The topological polar surface area (TPSA) is 24.9 Å². The lowest BCUT2D eigenvalue weighted by Gasteiger charge is -2.17. The first kappa shape index (κ1) is 13.2. The molecular formula is C15H20N2S. The molecule has 0 saturated heterocycles. The molecule has 1 unspecified atom stereocenters. The number of aryl methyl sites for hydroxylation is 2. The number of nitrogens with one attached hydrogen (secondary N) is 1. The van der Waals surface area contributed by atoms with Gasteiger partial charge in [0.2, 0.25) is 0 Å². The molecule has 2 heterocycles. The Kier molecular flexibility index (Phi) is 4.50. The van der Waals surface area contributed by atoms with Crippen LogP contribution in [0.4, 0.5) is 0 Å². The highest BCUT2D eigenvalue weighted by molar-refractivity contribution is 7.10. The smallest absolute Gasteiger partial charge is 0.0600 e. The molecule has 2 rings (SSSR count). The van der Waals surface area contributed by atoms with Crippen LogP contribution in [-0.2, 0) is 0 Å². The predicted octanol–water partition coefficient (Wildman–Crippen LogP) is 3.85. The first-order valence-electron chi connectivity index (χ1n) is 6.41. The molecule has 0 aromatic carbocycles. The van der Waals surface area contributed by atoms with Gasteiger partial charge in [-0.15, -0.1) is 11.3 Å². The number of rotatable bonds is 5. The Bertz CT molecular complexity index is 487. The lowest BCUT2D eigenvalue weighted by atomic mass is 10.0. The fourth-order valence-corrected chi connectivity index (χ4v) is 2.71. The second-order valence-corrected chi connectivity index (χ2v) is 5.73. The van der Waals surface area contributed by atoms with Crippen molar-refractivity contribution < 1.29 is 0 Å². The van der Waals surface area contributed by atoms with Crippen molar-refractivity contribution in [2.45, 2.75) is 33.2 Å². The summed E-state index contributed by atoms with van der Waals surface area (Å²) >= 11 is 1.80. The highest BCUT2D eigenvalue weighted by Gasteiger charge is 2.14. The maximum absolute atomic E-state index is 4.40. The standard InChI is InChI=1S/C15H20N2S/c1-4-7-16-15(14-8-12(3)18-10-14)13-6-5-11(2)17-9-13/h5-6,8-10,15-16H,4,7H2,1-3H3. The van der Waals surface area contributed by atoms with Crippen molar-refractivity contribution in [3.63, 3.8) is 0 Å². The van der Waals surface area contributed by atoms with Gasteiger partial charge in [-0.05, 0) is 55.5 Å². The maximum atomic E-state index is 4.40. The maximum Gasteiger partial charge on any atom is 0.0600 e. The van der Waals surface area contributed by atoms with Crippen molar-refractivity contribution in [2.24, 2.45) is 0 Å². The Balaban J connectivity index is 2.27. The number of nitrogens with zero attached hydrogens (tertiary/aromatic N) is 1. The summed E-state index contributed by atoms with van der Waals surface area (Å²) in [5.74, 6) is 0. The van der Waals surface area contributed by atoms with E-state index in [-0.39, 0.29) is 6.04 Å². The van der Waals surface area contributed by atoms with E-state index >= 15 is 0 Å². The third kappa shape index (κ3) is 3.18. The van der Waals surface area contributed by atoms with E-state index < -0.39 is 0 Å². The monoisotopic (exact) mass is 260 g/mol. The van der Waals surface area contributed by atoms with Crippen LogP contribution in [-0.4, -0.2) is 11.5 Å². The van der Waals surface area contributed by atoms with E-state index in [1.807, 2.05) is 13.1 Å². The van der Waals surface area contributed by atoms with Gasteiger partial charge in [-0.2, -0.15) is 0 Å². The average molecular weight is 260 g/mol. The van der Waals surface area contributed by atoms with Crippen molar-refractivity contribution in [2.75, 3.05) is 6.54 Å². The summed E-state index contributed by atoms with van der Waals surface area (Å²) in [6.45, 7) is 7.38. The summed E-state index contributed by atoms with van der Waals surface area (Å²) in [5.41, 5.74) is 3.65. The molecule has 2 nitrogen and oxygen atoms in total. The molecule has 1 N–H and O–H groups in total. The Morgan fingerprint density at radius 2 is 2.11 bits per heavy atom. The normalized spacial score (nSPS) is 12.6. The lowest BCUT2D eigenvalue weighted by molar-refractivity contribution is 0.598. The molecule has 0 aliphatic rings. The number of thiophene rings is 1. The van der Waals surface area contributed by atoms with Gasteiger partial charge in [0, 0.05) is 16.8 Å². The van der Waals surface area contributed by atoms with E-state index in [0.717, 1.165) is 18.7 Å². The van der Waals surface area contributed by atoms with Crippen molar-refractivity contribution in [1.82, 2.24) is 10.3 Å². The van der Waals surface area contributed by atoms with Crippen LogP contribution in [0.3, 0.4) is 0 Å². The van der Waals surface area contributed by atoms with E-state index in [1.54, 1.807) is 11.3 Å². The van der Waals surface area contributed by atoms with Crippen molar-refractivity contribution >= 4 is 11.3 Å². The minimum Gasteiger partial charge on any atom is -0.306 e. The van der Waals surface area contributed by atoms with E-state index in [1.165, 1.54) is 16.0 Å². The summed E-state index contributed by atoms with van der Waals surface area (Å²) in [5, 5.41) is 5.84. The van der Waals surface area contributed by atoms with Crippen LogP contribution >= 0.6 is 11.3 Å². The molecule has 0 radical (unpaired) electrons. The third-order valence-corrected chi connectivity index (χ3v) is 3.83. The first-order valence-corrected chi connectivity index (χ1v) is 7.29. The Hall–Kier alpha value is -1.19. The average Bonchev–Trinajstić information content (AvgIpc) is 2.78. The van der Waals surface area contributed by atoms with Gasteiger partial charge in [-0.3, -0.25) is 4.98 Å². The van der Waals surface area contributed by atoms with E-state index in [4.69, 9.17) is 0 Å². The van der Waals surface area contributed by atoms with E-state index in [2.05, 4.69) is 47.7 Å². The van der Waals surface area contributed by atoms with Gasteiger partial charge in [0.15, 0.2) is 0 Å². The molecule has 0 fully saturated rings. The zero-order valence-electron chi connectivity index (χ0n) is 11.2. The van der Waals surface area contributed by atoms with Crippen molar-refractivity contribution in [3.05, 3.63) is 51.5 Å². The number of hydrogen-bond donors (Lipinski definition) is 1. The van der Waals surface area contributed by atoms with E-state index in [0.29, 0.717) is 0 Å². The largest absolute Gasteiger partial charge is 0.306 e. The van der Waals surface area contributed by atoms with Gasteiger partial charge in [0.25, 0.3) is 0 Å². The summed E-state index contributed by atoms with van der Waals surface area (Å²) in [6, 6.07) is 6.78. The van der Waals surface area contributed by atoms with Crippen LogP contribution in [0, 0.1) is 13.8 Å². The molecule has 0 amide bonds. The molecule has 0 bridgehead atoms. The fraction of sp³-hybridized carbons (Fsp3) is 0.400. The zero-order valence-corrected chi connectivity index (χ0v) is 12.1. The second-order valence-electron chi connectivity index (χ2n) is 4.61. The number of pyridine rings is 1. The zero-order chi connectivity index (χ0) is 13.0. The molecule has 0 aliphatic heterocycles. The third-order valence-electron chi connectivity index (χ3n) is 2.95. The number of aromatic nitrogens is 1. The highest BCUT2D eigenvalue weighted by Crippen LogP contribution is 2.26. The SMILES string of the molecule is CCCNC(c1ccc(C)nc1)c1csc(C)c1. The minimum atomic E-state index is 0.267. The van der Waals surface area contributed by atoms with Crippen LogP contribution in [0.5, 0.6) is 0 Å². The van der Waals surface area contributed by atoms with Gasteiger partial charge in [-0.1, -0.05) is 13.0 Å². The van der Waals surface area contributed by atoms with Crippen LogP contribution in [0.25, 0.3) is 0 Å². The molecule has 96 valence electrons. The van der Waals surface area contributed by atoms with Crippen LogP contribution in [0.1, 0.15) is 41.1 Å². The van der Waals surface area contributed by atoms with Gasteiger partial charge in [0.1, 0.15) is 0 Å². The van der Waals surface area contributed by atoms with Crippen molar-refractivity contribution in [3.8, 4) is 0 Å². The Labute approximate surface area is 113 Å². The van der Waals surface area contributed by atoms with Crippen molar-refractivity contribution in [1.29, 1.82) is 0 Å². The molecule has 0 saturated carbocycles. The predicted molar refractivity (Wildman–Crippen MR) is 78.2 cm³/mol. The first-order chi connectivity index (χ1) is 8.70. The molecule has 18 heavy (non-hydrogen) atoms. The van der Waals surface area contributed by atoms with Crippen LogP contribution in [0.2, 0.25) is 0 Å².